The van der Waals surface area contributed by atoms with Crippen molar-refractivity contribution in [1.29, 1.82) is 0 Å². The normalized spacial score (nSPS) is 38.9. The zero-order valence-corrected chi connectivity index (χ0v) is 11.6. The van der Waals surface area contributed by atoms with Crippen molar-refractivity contribution in [2.75, 3.05) is 6.61 Å². The van der Waals surface area contributed by atoms with E-state index in [1.165, 1.54) is 0 Å². The Kier molecular flexibility index (Phi) is 3.63. The number of amides is 2. The fourth-order valence-electron chi connectivity index (χ4n) is 3.41. The number of carbonyl (C=O) groups is 2. The molecule has 0 aromatic heterocycles. The van der Waals surface area contributed by atoms with Gasteiger partial charge in [0.15, 0.2) is 0 Å². The maximum absolute atomic E-state index is 12.1. The molecule has 2 aliphatic heterocycles. The van der Waals surface area contributed by atoms with Gasteiger partial charge in [-0.15, -0.1) is 6.58 Å². The number of epoxide rings is 1. The molecule has 2 fully saturated rings. The molecule has 0 radical (unpaired) electrons. The van der Waals surface area contributed by atoms with Gasteiger partial charge in [-0.25, -0.2) is 0 Å². The molecule has 0 aromatic carbocycles. The number of fused-ring (bicyclic) bond motifs is 1. The number of rotatable bonds is 2. The minimum atomic E-state index is -0.663. The molecule has 1 N–H and O–H groups in total. The molecule has 0 aromatic rings. The van der Waals surface area contributed by atoms with Crippen molar-refractivity contribution < 1.29 is 14.3 Å². The first kappa shape index (κ1) is 14.0. The van der Waals surface area contributed by atoms with Crippen LogP contribution < -0.4 is 5.32 Å². The van der Waals surface area contributed by atoms with Crippen LogP contribution >= 0.6 is 0 Å². The van der Waals surface area contributed by atoms with Crippen LogP contribution in [-0.2, 0) is 14.3 Å². The van der Waals surface area contributed by atoms with Crippen molar-refractivity contribution in [3.8, 4) is 0 Å². The van der Waals surface area contributed by atoms with Crippen LogP contribution in [-0.4, -0.2) is 24.5 Å². The molecule has 3 aliphatic rings. The van der Waals surface area contributed by atoms with Crippen molar-refractivity contribution in [3.63, 3.8) is 0 Å². The fraction of sp³-hybridized carbons (Fsp3) is 0.600. The van der Waals surface area contributed by atoms with E-state index in [1.54, 1.807) is 6.08 Å². The van der Waals surface area contributed by atoms with Gasteiger partial charge in [-0.05, 0) is 26.2 Å². The molecule has 3 atom stereocenters. The molecular formula is C15H21NO3. The number of imide groups is 1. The van der Waals surface area contributed by atoms with Crippen LogP contribution in [0.1, 0.15) is 33.1 Å². The monoisotopic (exact) mass is 263 g/mol. The highest BCUT2D eigenvalue weighted by Crippen LogP contribution is 2.58. The van der Waals surface area contributed by atoms with Crippen LogP contribution in [0, 0.1) is 10.8 Å². The summed E-state index contributed by atoms with van der Waals surface area (Å²) < 4.78 is 5.35. The van der Waals surface area contributed by atoms with Crippen LogP contribution in [0.4, 0.5) is 0 Å². The van der Waals surface area contributed by atoms with Crippen molar-refractivity contribution in [2.24, 2.45) is 10.8 Å². The molecule has 19 heavy (non-hydrogen) atoms. The number of hydrogen-bond donors (Lipinski definition) is 1. The largest absolute Gasteiger partial charge is 0.372 e. The van der Waals surface area contributed by atoms with Crippen molar-refractivity contribution in [3.05, 3.63) is 24.8 Å². The van der Waals surface area contributed by atoms with Gasteiger partial charge in [0.05, 0.1) is 23.5 Å². The molecule has 3 rings (SSSR count). The topological polar surface area (TPSA) is 58.7 Å². The molecule has 3 unspecified atom stereocenters. The summed E-state index contributed by atoms with van der Waals surface area (Å²) in [4.78, 5) is 24.2. The van der Waals surface area contributed by atoms with E-state index in [0.717, 1.165) is 12.8 Å². The molecule has 2 heterocycles. The van der Waals surface area contributed by atoms with E-state index in [2.05, 4.69) is 11.9 Å². The Morgan fingerprint density at radius 1 is 1.53 bits per heavy atom. The van der Waals surface area contributed by atoms with Gasteiger partial charge in [0.1, 0.15) is 0 Å². The van der Waals surface area contributed by atoms with E-state index in [-0.39, 0.29) is 17.9 Å². The van der Waals surface area contributed by atoms with Gasteiger partial charge in [0.25, 0.3) is 0 Å². The standard InChI is InChI=1S/C12H15NO3.C3H6/c1-2-11-5-3-4-6-12(11,8-7-16-8)10(15)13-9(11)14;1-3-2/h3,5,8H,2,4,6-7H2,1H3,(H,13,14,15);3H,1H2,2H3. The maximum Gasteiger partial charge on any atom is 0.237 e. The van der Waals surface area contributed by atoms with Gasteiger partial charge >= 0.3 is 0 Å². The number of hydrogen-bond acceptors (Lipinski definition) is 3. The Hall–Kier alpha value is -1.42. The Morgan fingerprint density at radius 2 is 2.16 bits per heavy atom. The third-order valence-corrected chi connectivity index (χ3v) is 4.38. The zero-order valence-electron chi connectivity index (χ0n) is 11.6. The third-order valence-electron chi connectivity index (χ3n) is 4.38. The average molecular weight is 263 g/mol. The Labute approximate surface area is 113 Å². The maximum atomic E-state index is 12.1. The van der Waals surface area contributed by atoms with Crippen LogP contribution in [0.3, 0.4) is 0 Å². The highest BCUT2D eigenvalue weighted by Gasteiger charge is 2.70. The zero-order chi connectivity index (χ0) is 14.1. The summed E-state index contributed by atoms with van der Waals surface area (Å²) in [6.07, 6.45) is 7.85. The first-order valence-electron chi connectivity index (χ1n) is 6.81. The molecule has 4 heteroatoms. The van der Waals surface area contributed by atoms with Crippen LogP contribution in [0.25, 0.3) is 0 Å². The smallest absolute Gasteiger partial charge is 0.237 e. The predicted octanol–water partition coefficient (Wildman–Crippen LogP) is 1.97. The Morgan fingerprint density at radius 3 is 2.68 bits per heavy atom. The Balaban J connectivity index is 0.000000408. The summed E-state index contributed by atoms with van der Waals surface area (Å²) in [7, 11) is 0. The van der Waals surface area contributed by atoms with E-state index < -0.39 is 10.8 Å². The number of ether oxygens (including phenoxy) is 1. The second-order valence-electron chi connectivity index (χ2n) is 5.25. The first-order chi connectivity index (χ1) is 9.09. The number of nitrogens with one attached hydrogen (secondary N) is 1. The lowest BCUT2D eigenvalue weighted by molar-refractivity contribution is -0.134. The van der Waals surface area contributed by atoms with Gasteiger partial charge in [-0.3, -0.25) is 14.9 Å². The molecule has 0 bridgehead atoms. The SMILES string of the molecule is C=CC.CCC12C=CCCC1(C1CO1)C(=O)NC2=O. The predicted molar refractivity (Wildman–Crippen MR) is 72.3 cm³/mol. The van der Waals surface area contributed by atoms with Gasteiger partial charge < -0.3 is 4.74 Å². The van der Waals surface area contributed by atoms with Gasteiger partial charge in [-0.1, -0.05) is 25.2 Å². The van der Waals surface area contributed by atoms with E-state index in [9.17, 15) is 9.59 Å². The molecular weight excluding hydrogens is 242 g/mol. The van der Waals surface area contributed by atoms with Gasteiger partial charge in [0.2, 0.25) is 11.8 Å². The molecule has 0 spiro atoms. The fourth-order valence-corrected chi connectivity index (χ4v) is 3.41. The van der Waals surface area contributed by atoms with E-state index in [1.807, 2.05) is 26.0 Å². The van der Waals surface area contributed by atoms with Gasteiger partial charge in [0, 0.05) is 0 Å². The third kappa shape index (κ3) is 1.77. The summed E-state index contributed by atoms with van der Waals surface area (Å²) in [5.41, 5.74) is -1.29. The average Bonchev–Trinajstić information content (AvgIpc) is 3.20. The van der Waals surface area contributed by atoms with Crippen molar-refractivity contribution >= 4 is 11.8 Å². The lowest BCUT2D eigenvalue weighted by Crippen LogP contribution is -2.48. The van der Waals surface area contributed by atoms with Crippen LogP contribution in [0.15, 0.2) is 24.8 Å². The minimum absolute atomic E-state index is 0.0659. The molecule has 2 amide bonds. The molecule has 0 saturated carbocycles. The highest BCUT2D eigenvalue weighted by atomic mass is 16.6. The minimum Gasteiger partial charge on any atom is -0.372 e. The number of carbonyl (C=O) groups excluding carboxylic acids is 2. The van der Waals surface area contributed by atoms with Crippen LogP contribution in [0.5, 0.6) is 0 Å². The Bertz CT molecular complexity index is 439. The summed E-state index contributed by atoms with van der Waals surface area (Å²) in [6.45, 7) is 7.82. The molecule has 4 nitrogen and oxygen atoms in total. The highest BCUT2D eigenvalue weighted by molar-refractivity contribution is 6.11. The lowest BCUT2D eigenvalue weighted by Gasteiger charge is -2.40. The summed E-state index contributed by atoms with van der Waals surface area (Å²) in [6, 6.07) is 0. The quantitative estimate of drug-likeness (QED) is 0.471. The van der Waals surface area contributed by atoms with E-state index in [4.69, 9.17) is 4.74 Å². The van der Waals surface area contributed by atoms with Crippen LogP contribution in [0.2, 0.25) is 0 Å². The summed E-state index contributed by atoms with van der Waals surface area (Å²) >= 11 is 0. The van der Waals surface area contributed by atoms with E-state index >= 15 is 0 Å². The molecule has 104 valence electrons. The number of allylic oxidation sites excluding steroid dienone is 2. The first-order valence-corrected chi connectivity index (χ1v) is 6.81. The van der Waals surface area contributed by atoms with Crippen molar-refractivity contribution in [1.82, 2.24) is 5.32 Å². The second kappa shape index (κ2) is 4.93. The van der Waals surface area contributed by atoms with E-state index in [0.29, 0.717) is 13.0 Å². The van der Waals surface area contributed by atoms with Crippen molar-refractivity contribution in [2.45, 2.75) is 39.2 Å². The second-order valence-corrected chi connectivity index (χ2v) is 5.25. The molecule has 2 saturated heterocycles. The summed E-state index contributed by atoms with van der Waals surface area (Å²) in [5.74, 6) is -0.280. The van der Waals surface area contributed by atoms with Gasteiger partial charge in [-0.2, -0.15) is 0 Å². The lowest BCUT2D eigenvalue weighted by atomic mass is 9.57. The summed E-state index contributed by atoms with van der Waals surface area (Å²) in [5, 5.41) is 2.50. The molecule has 1 aliphatic carbocycles.